The Balaban J connectivity index is 1.58. The van der Waals surface area contributed by atoms with Crippen LogP contribution in [0.1, 0.15) is 38.7 Å². The number of guanidine groups is 1. The summed E-state index contributed by atoms with van der Waals surface area (Å²) in [6, 6.07) is 8.33. The Morgan fingerprint density at radius 1 is 1.23 bits per heavy atom. The zero-order valence-corrected chi connectivity index (χ0v) is 16.9. The first-order chi connectivity index (χ1) is 12.5. The number of nitrogens with zero attached hydrogens (tertiary/aromatic N) is 3. The van der Waals surface area contributed by atoms with Crippen LogP contribution in [-0.2, 0) is 11.3 Å². The molecule has 26 heavy (non-hydrogen) atoms. The number of hydrogen-bond acceptors (Lipinski definition) is 3. The van der Waals surface area contributed by atoms with Gasteiger partial charge in [0.05, 0.1) is 0 Å². The topological polar surface area (TPSA) is 47.9 Å². The molecule has 6 heteroatoms. The monoisotopic (exact) mass is 374 g/mol. The molecule has 0 unspecified atom stereocenters. The Labute approximate surface area is 161 Å². The molecule has 1 aromatic carbocycles. The number of carbonyl (C=O) groups is 1. The lowest BCUT2D eigenvalue weighted by Crippen LogP contribution is -2.50. The fraction of sp³-hybridized carbons (Fsp3) is 0.600. The van der Waals surface area contributed by atoms with Crippen molar-refractivity contribution in [3.63, 3.8) is 0 Å². The van der Waals surface area contributed by atoms with E-state index >= 15 is 0 Å². The highest BCUT2D eigenvalue weighted by Crippen LogP contribution is 2.29. The minimum absolute atomic E-state index is 0.244. The molecule has 142 valence electrons. The van der Waals surface area contributed by atoms with Gasteiger partial charge in [-0.2, -0.15) is 11.8 Å². The summed E-state index contributed by atoms with van der Waals surface area (Å²) in [6.45, 7) is 8.20. The van der Waals surface area contributed by atoms with Crippen molar-refractivity contribution in [3.05, 3.63) is 29.8 Å². The number of anilines is 1. The molecular weight excluding hydrogens is 344 g/mol. The van der Waals surface area contributed by atoms with E-state index in [0.717, 1.165) is 56.4 Å². The molecule has 2 heterocycles. The zero-order chi connectivity index (χ0) is 18.6. The van der Waals surface area contributed by atoms with Crippen molar-refractivity contribution in [2.75, 3.05) is 37.3 Å². The number of amides is 1. The smallest absolute Gasteiger partial charge is 0.226 e. The van der Waals surface area contributed by atoms with Crippen molar-refractivity contribution in [3.8, 4) is 0 Å². The number of rotatable bonds is 3. The number of hydrogen-bond donors (Lipinski definition) is 1. The van der Waals surface area contributed by atoms with Crippen molar-refractivity contribution in [2.24, 2.45) is 4.99 Å². The van der Waals surface area contributed by atoms with E-state index < -0.39 is 0 Å². The fourth-order valence-electron chi connectivity index (χ4n) is 3.58. The van der Waals surface area contributed by atoms with Gasteiger partial charge in [-0.05, 0) is 44.4 Å². The van der Waals surface area contributed by atoms with Crippen LogP contribution in [0.15, 0.2) is 29.3 Å². The van der Waals surface area contributed by atoms with Crippen molar-refractivity contribution in [1.29, 1.82) is 0 Å². The van der Waals surface area contributed by atoms with Gasteiger partial charge in [-0.3, -0.25) is 9.79 Å². The summed E-state index contributed by atoms with van der Waals surface area (Å²) < 4.78 is 0.262. The van der Waals surface area contributed by atoms with Crippen LogP contribution < -0.4 is 10.2 Å². The first-order valence-corrected chi connectivity index (χ1v) is 10.5. The SMILES string of the molecule is CN=C(NCc1ccc(N2CCCCC2=O)cc1)N1CCSC(C)(C)C1. The molecule has 0 radical (unpaired) electrons. The van der Waals surface area contributed by atoms with Gasteiger partial charge in [-0.1, -0.05) is 12.1 Å². The Morgan fingerprint density at radius 2 is 2.00 bits per heavy atom. The summed E-state index contributed by atoms with van der Waals surface area (Å²) in [5.74, 6) is 2.34. The molecule has 3 rings (SSSR count). The molecule has 0 atom stereocenters. The molecular formula is C20H30N4OS. The summed E-state index contributed by atoms with van der Waals surface area (Å²) >= 11 is 2.03. The van der Waals surface area contributed by atoms with Gasteiger partial charge < -0.3 is 15.1 Å². The number of piperidine rings is 1. The third-order valence-electron chi connectivity index (χ3n) is 4.96. The van der Waals surface area contributed by atoms with E-state index in [9.17, 15) is 4.79 Å². The van der Waals surface area contributed by atoms with Crippen molar-refractivity contribution >= 4 is 29.3 Å². The highest BCUT2D eigenvalue weighted by Gasteiger charge is 2.28. The van der Waals surface area contributed by atoms with E-state index in [4.69, 9.17) is 0 Å². The van der Waals surface area contributed by atoms with Crippen LogP contribution in [0.5, 0.6) is 0 Å². The molecule has 5 nitrogen and oxygen atoms in total. The second-order valence-electron chi connectivity index (χ2n) is 7.60. The minimum atomic E-state index is 0.244. The standard InChI is InChI=1S/C20H30N4OS/c1-20(2)15-23(12-13-26-20)19(21-3)22-14-16-7-9-17(10-8-16)24-11-5-4-6-18(24)25/h7-10H,4-6,11-15H2,1-3H3,(H,21,22). The largest absolute Gasteiger partial charge is 0.352 e. The molecule has 1 N–H and O–H groups in total. The summed E-state index contributed by atoms with van der Waals surface area (Å²) in [4.78, 5) is 20.8. The van der Waals surface area contributed by atoms with Gasteiger partial charge in [0.15, 0.2) is 5.96 Å². The van der Waals surface area contributed by atoms with Crippen molar-refractivity contribution < 1.29 is 4.79 Å². The van der Waals surface area contributed by atoms with Crippen molar-refractivity contribution in [1.82, 2.24) is 10.2 Å². The van der Waals surface area contributed by atoms with Gasteiger partial charge in [-0.25, -0.2) is 0 Å². The Morgan fingerprint density at radius 3 is 2.65 bits per heavy atom. The minimum Gasteiger partial charge on any atom is -0.352 e. The molecule has 1 aromatic rings. The maximum Gasteiger partial charge on any atom is 0.226 e. The van der Waals surface area contributed by atoms with E-state index in [0.29, 0.717) is 6.42 Å². The first kappa shape index (κ1) is 19.1. The first-order valence-electron chi connectivity index (χ1n) is 9.47. The van der Waals surface area contributed by atoms with E-state index in [-0.39, 0.29) is 10.7 Å². The average molecular weight is 375 g/mol. The quantitative estimate of drug-likeness (QED) is 0.652. The van der Waals surface area contributed by atoms with Crippen LogP contribution in [0.25, 0.3) is 0 Å². The highest BCUT2D eigenvalue weighted by atomic mass is 32.2. The number of thioether (sulfide) groups is 1. The summed E-state index contributed by atoms with van der Waals surface area (Å²) in [5, 5.41) is 3.49. The molecule has 2 aliphatic rings. The summed E-state index contributed by atoms with van der Waals surface area (Å²) in [5.41, 5.74) is 2.21. The van der Waals surface area contributed by atoms with Crippen molar-refractivity contribution in [2.45, 2.75) is 44.4 Å². The van der Waals surface area contributed by atoms with Gasteiger partial charge in [0, 0.05) is 55.8 Å². The fourth-order valence-corrected chi connectivity index (χ4v) is 4.69. The van der Waals surface area contributed by atoms with Crippen LogP contribution in [0.4, 0.5) is 5.69 Å². The molecule has 0 bridgehead atoms. The molecule has 0 spiro atoms. The number of nitrogens with one attached hydrogen (secondary N) is 1. The second kappa shape index (κ2) is 8.33. The third-order valence-corrected chi connectivity index (χ3v) is 6.26. The summed E-state index contributed by atoms with van der Waals surface area (Å²) in [6.07, 6.45) is 2.78. The van der Waals surface area contributed by atoms with Gasteiger partial charge >= 0.3 is 0 Å². The van der Waals surface area contributed by atoms with Gasteiger partial charge in [-0.15, -0.1) is 0 Å². The summed E-state index contributed by atoms with van der Waals surface area (Å²) in [7, 11) is 1.85. The van der Waals surface area contributed by atoms with E-state index in [1.807, 2.05) is 23.7 Å². The van der Waals surface area contributed by atoms with Crippen LogP contribution in [0.2, 0.25) is 0 Å². The lowest BCUT2D eigenvalue weighted by Gasteiger charge is -2.39. The maximum absolute atomic E-state index is 12.1. The molecule has 2 saturated heterocycles. The van der Waals surface area contributed by atoms with E-state index in [1.54, 1.807) is 0 Å². The maximum atomic E-state index is 12.1. The molecule has 0 saturated carbocycles. The van der Waals surface area contributed by atoms with Gasteiger partial charge in [0.1, 0.15) is 0 Å². The number of benzene rings is 1. The Bertz CT molecular complexity index is 656. The lowest BCUT2D eigenvalue weighted by atomic mass is 10.1. The highest BCUT2D eigenvalue weighted by molar-refractivity contribution is 8.00. The molecule has 1 amide bonds. The molecule has 2 aliphatic heterocycles. The lowest BCUT2D eigenvalue weighted by molar-refractivity contribution is -0.119. The Kier molecular flexibility index (Phi) is 6.12. The van der Waals surface area contributed by atoms with E-state index in [1.165, 1.54) is 5.56 Å². The van der Waals surface area contributed by atoms with Crippen LogP contribution in [0.3, 0.4) is 0 Å². The molecule has 0 aliphatic carbocycles. The zero-order valence-electron chi connectivity index (χ0n) is 16.1. The third kappa shape index (κ3) is 4.72. The molecule has 2 fully saturated rings. The molecule has 0 aromatic heterocycles. The second-order valence-corrected chi connectivity index (χ2v) is 9.40. The number of aliphatic imine (C=N–C) groups is 1. The number of carbonyl (C=O) groups excluding carboxylic acids is 1. The van der Waals surface area contributed by atoms with Crippen LogP contribution >= 0.6 is 11.8 Å². The Hall–Kier alpha value is -1.69. The normalized spacial score (nSPS) is 21.0. The average Bonchev–Trinajstić information content (AvgIpc) is 2.62. The predicted molar refractivity (Wildman–Crippen MR) is 111 cm³/mol. The van der Waals surface area contributed by atoms with Crippen LogP contribution in [-0.4, -0.2) is 53.9 Å². The van der Waals surface area contributed by atoms with Gasteiger partial charge in [0.25, 0.3) is 0 Å². The van der Waals surface area contributed by atoms with E-state index in [2.05, 4.69) is 53.3 Å². The van der Waals surface area contributed by atoms with Gasteiger partial charge in [0.2, 0.25) is 5.91 Å². The predicted octanol–water partition coefficient (Wildman–Crippen LogP) is 3.11. The van der Waals surface area contributed by atoms with Crippen LogP contribution in [0, 0.1) is 0 Å².